The van der Waals surface area contributed by atoms with Gasteiger partial charge in [0.1, 0.15) is 16.9 Å². The van der Waals surface area contributed by atoms with Crippen LogP contribution in [-0.4, -0.2) is 49.3 Å². The number of ether oxygens (including phenoxy) is 2. The lowest BCUT2D eigenvalue weighted by Crippen LogP contribution is -2.30. The topological polar surface area (TPSA) is 38.8 Å². The number of benzene rings is 1. The van der Waals surface area contributed by atoms with Crippen LogP contribution < -0.4 is 9.47 Å². The molecule has 0 spiro atoms. The largest absolute Gasteiger partial charge is 0.496 e. The Morgan fingerprint density at radius 3 is 2.55 bits per heavy atom. The predicted octanol–water partition coefficient (Wildman–Crippen LogP) is 2.64. The van der Waals surface area contributed by atoms with Crippen LogP contribution in [0.3, 0.4) is 0 Å². The Balaban J connectivity index is 2.36. The molecule has 4 nitrogen and oxygen atoms in total. The number of nitrogens with zero attached hydrogens (tertiary/aromatic N) is 1. The molecule has 2 rings (SSSR count). The summed E-state index contributed by atoms with van der Waals surface area (Å²) < 4.78 is 10.9. The van der Waals surface area contributed by atoms with Crippen LogP contribution in [0, 0.1) is 0 Å². The van der Waals surface area contributed by atoms with Gasteiger partial charge in [-0.3, -0.25) is 4.79 Å². The summed E-state index contributed by atoms with van der Waals surface area (Å²) in [5, 5.41) is -0.0271. The smallest absolute Gasteiger partial charge is 0.233 e. The highest BCUT2D eigenvalue weighted by atomic mass is 32.2. The number of hydrogen-bond acceptors (Lipinski definition) is 5. The molecule has 1 unspecified atom stereocenters. The zero-order valence-electron chi connectivity index (χ0n) is 11.9. The molecule has 1 aromatic carbocycles. The lowest BCUT2D eigenvalue weighted by Gasteiger charge is -2.26. The third kappa shape index (κ3) is 3.01. The summed E-state index contributed by atoms with van der Waals surface area (Å²) in [5.41, 5.74) is 0.953. The van der Waals surface area contributed by atoms with Crippen molar-refractivity contribution in [2.24, 2.45) is 0 Å². The van der Waals surface area contributed by atoms with Gasteiger partial charge in [0.05, 0.1) is 25.5 Å². The van der Waals surface area contributed by atoms with Crippen molar-refractivity contribution in [2.45, 2.75) is 5.37 Å². The maximum atomic E-state index is 12.1. The highest BCUT2D eigenvalue weighted by Gasteiger charge is 2.36. The molecular formula is C14H19NO3S2. The number of carbonyl (C=O) groups excluding carboxylic acids is 1. The molecule has 0 aliphatic carbocycles. The van der Waals surface area contributed by atoms with E-state index in [9.17, 15) is 4.79 Å². The lowest BCUT2D eigenvalue weighted by molar-refractivity contribution is -0.127. The molecule has 1 aliphatic heterocycles. The van der Waals surface area contributed by atoms with Gasteiger partial charge in [0.25, 0.3) is 0 Å². The van der Waals surface area contributed by atoms with Crippen LogP contribution >= 0.6 is 23.5 Å². The number of carbonyl (C=O) groups is 1. The van der Waals surface area contributed by atoms with E-state index in [4.69, 9.17) is 9.47 Å². The first kappa shape index (κ1) is 15.4. The van der Waals surface area contributed by atoms with Crippen LogP contribution in [0.4, 0.5) is 0 Å². The van der Waals surface area contributed by atoms with Crippen molar-refractivity contribution < 1.29 is 14.3 Å². The molecule has 6 heteroatoms. The van der Waals surface area contributed by atoms with E-state index in [1.165, 1.54) is 0 Å². The van der Waals surface area contributed by atoms with E-state index in [-0.39, 0.29) is 11.3 Å². The van der Waals surface area contributed by atoms with E-state index >= 15 is 0 Å². The Bertz CT molecular complexity index is 459. The van der Waals surface area contributed by atoms with Crippen molar-refractivity contribution in [3.63, 3.8) is 0 Å². The average molecular weight is 313 g/mol. The lowest BCUT2D eigenvalue weighted by atomic mass is 10.1. The summed E-state index contributed by atoms with van der Waals surface area (Å²) in [6, 6.07) is 5.72. The van der Waals surface area contributed by atoms with Crippen molar-refractivity contribution in [3.8, 4) is 11.5 Å². The van der Waals surface area contributed by atoms with Gasteiger partial charge < -0.3 is 14.4 Å². The van der Waals surface area contributed by atoms with Crippen molar-refractivity contribution in [2.75, 3.05) is 38.5 Å². The van der Waals surface area contributed by atoms with Crippen molar-refractivity contribution in [3.05, 3.63) is 23.8 Å². The minimum absolute atomic E-state index is 0.0271. The molecule has 1 heterocycles. The summed E-state index contributed by atoms with van der Waals surface area (Å²) in [6.07, 6.45) is 2.05. The first-order valence-electron chi connectivity index (χ1n) is 6.33. The summed E-state index contributed by atoms with van der Waals surface area (Å²) in [5.74, 6) is 3.17. The van der Waals surface area contributed by atoms with Crippen molar-refractivity contribution >= 4 is 29.4 Å². The quantitative estimate of drug-likeness (QED) is 0.807. The Labute approximate surface area is 128 Å². The van der Waals surface area contributed by atoms with Crippen molar-refractivity contribution in [1.29, 1.82) is 0 Å². The molecule has 0 saturated carbocycles. The SMILES string of the molecule is COc1cccc(OC)c1C1SCC(=O)N1CCSC. The molecular weight excluding hydrogens is 294 g/mol. The van der Waals surface area contributed by atoms with E-state index in [1.54, 1.807) is 37.7 Å². The van der Waals surface area contributed by atoms with Crippen LogP contribution in [-0.2, 0) is 4.79 Å². The summed E-state index contributed by atoms with van der Waals surface area (Å²) in [7, 11) is 3.29. The minimum atomic E-state index is -0.0271. The standard InChI is InChI=1S/C14H19NO3S2/c1-17-10-5-4-6-11(18-2)13(10)14-15(7-8-19-3)12(16)9-20-14/h4-6,14H,7-9H2,1-3H3. The number of thioether (sulfide) groups is 2. The zero-order chi connectivity index (χ0) is 14.5. The summed E-state index contributed by atoms with van der Waals surface area (Å²) in [6.45, 7) is 0.749. The van der Waals surface area contributed by atoms with E-state index in [0.717, 1.165) is 29.4 Å². The third-order valence-corrected chi connectivity index (χ3v) is 5.03. The number of methoxy groups -OCH3 is 2. The molecule has 1 saturated heterocycles. The number of amides is 1. The molecule has 1 aromatic rings. The second-order valence-corrected chi connectivity index (χ2v) is 6.37. The van der Waals surface area contributed by atoms with Gasteiger partial charge in [-0.15, -0.1) is 11.8 Å². The first-order valence-corrected chi connectivity index (χ1v) is 8.78. The van der Waals surface area contributed by atoms with E-state index < -0.39 is 0 Å². The second kappa shape index (κ2) is 7.13. The first-order chi connectivity index (χ1) is 9.72. The second-order valence-electron chi connectivity index (χ2n) is 4.32. The number of hydrogen-bond donors (Lipinski definition) is 0. The summed E-state index contributed by atoms with van der Waals surface area (Å²) in [4.78, 5) is 14.0. The monoisotopic (exact) mass is 313 g/mol. The van der Waals surface area contributed by atoms with E-state index in [0.29, 0.717) is 5.75 Å². The molecule has 1 amide bonds. The van der Waals surface area contributed by atoms with Gasteiger partial charge in [0.15, 0.2) is 0 Å². The molecule has 0 N–H and O–H groups in total. The predicted molar refractivity (Wildman–Crippen MR) is 84.8 cm³/mol. The van der Waals surface area contributed by atoms with Gasteiger partial charge >= 0.3 is 0 Å². The molecule has 0 bridgehead atoms. The fraction of sp³-hybridized carbons (Fsp3) is 0.500. The van der Waals surface area contributed by atoms with Crippen molar-refractivity contribution in [1.82, 2.24) is 4.90 Å². The van der Waals surface area contributed by atoms with E-state index in [2.05, 4.69) is 0 Å². The molecule has 1 fully saturated rings. The van der Waals surface area contributed by atoms with Crippen LogP contribution in [0.1, 0.15) is 10.9 Å². The normalized spacial score (nSPS) is 18.4. The molecule has 1 atom stereocenters. The Morgan fingerprint density at radius 1 is 1.35 bits per heavy atom. The minimum Gasteiger partial charge on any atom is -0.496 e. The Morgan fingerprint density at radius 2 is 2.00 bits per heavy atom. The van der Waals surface area contributed by atoms with Gasteiger partial charge in [0, 0.05) is 12.3 Å². The van der Waals surface area contributed by atoms with Gasteiger partial charge in [-0.25, -0.2) is 0 Å². The van der Waals surface area contributed by atoms with Gasteiger partial charge in [0.2, 0.25) is 5.91 Å². The van der Waals surface area contributed by atoms with E-state index in [1.807, 2.05) is 29.4 Å². The van der Waals surface area contributed by atoms with Crippen LogP contribution in [0.5, 0.6) is 11.5 Å². The van der Waals surface area contributed by atoms with Crippen LogP contribution in [0.25, 0.3) is 0 Å². The maximum Gasteiger partial charge on any atom is 0.233 e. The van der Waals surface area contributed by atoms with Gasteiger partial charge in [-0.1, -0.05) is 6.07 Å². The third-order valence-electron chi connectivity index (χ3n) is 3.22. The van der Waals surface area contributed by atoms with Gasteiger partial charge in [-0.2, -0.15) is 11.8 Å². The molecule has 0 radical (unpaired) electrons. The zero-order valence-corrected chi connectivity index (χ0v) is 13.6. The summed E-state index contributed by atoms with van der Waals surface area (Å²) >= 11 is 3.37. The molecule has 0 aromatic heterocycles. The fourth-order valence-electron chi connectivity index (χ4n) is 2.25. The molecule has 20 heavy (non-hydrogen) atoms. The van der Waals surface area contributed by atoms with Crippen LogP contribution in [0.2, 0.25) is 0 Å². The Hall–Kier alpha value is -1.01. The average Bonchev–Trinajstić information content (AvgIpc) is 2.84. The fourth-order valence-corrected chi connectivity index (χ4v) is 3.90. The van der Waals surface area contributed by atoms with Crippen LogP contribution in [0.15, 0.2) is 18.2 Å². The Kier molecular flexibility index (Phi) is 5.48. The van der Waals surface area contributed by atoms with Gasteiger partial charge in [-0.05, 0) is 18.4 Å². The maximum absolute atomic E-state index is 12.1. The number of rotatable bonds is 6. The highest BCUT2D eigenvalue weighted by molar-refractivity contribution is 8.00. The molecule has 1 aliphatic rings. The highest BCUT2D eigenvalue weighted by Crippen LogP contribution is 2.46. The molecule has 110 valence electrons.